The first-order valence-corrected chi connectivity index (χ1v) is 14.6. The Labute approximate surface area is 229 Å². The predicted molar refractivity (Wildman–Crippen MR) is 147 cm³/mol. The fourth-order valence-corrected chi connectivity index (χ4v) is 5.80. The normalized spacial score (nSPS) is 15.2. The van der Waals surface area contributed by atoms with E-state index < -0.39 is 34.5 Å². The van der Waals surface area contributed by atoms with Gasteiger partial charge in [0.25, 0.3) is 0 Å². The standard InChI is InChI=1S/C27H36ClFN4O4S/c1-4-24(27(35)30-22-10-6-5-7-11-22)32(18-20-14-16-21(28)17-15-20)26(34)19-33(38(36,37)31(2)3)25-13-9-8-12-23(25)29/h8-9,12-17,22,24H,4-7,10-11,18-19H2,1-3H3,(H,30,35)/t24-/m0/s1. The molecule has 11 heteroatoms. The maximum Gasteiger partial charge on any atom is 0.304 e. The van der Waals surface area contributed by atoms with Crippen LogP contribution in [0.2, 0.25) is 5.02 Å². The lowest BCUT2D eigenvalue weighted by atomic mass is 9.95. The van der Waals surface area contributed by atoms with Crippen LogP contribution in [0.3, 0.4) is 0 Å². The zero-order valence-corrected chi connectivity index (χ0v) is 23.6. The number of halogens is 2. The Morgan fingerprint density at radius 2 is 1.68 bits per heavy atom. The van der Waals surface area contributed by atoms with Gasteiger partial charge in [0.1, 0.15) is 18.4 Å². The molecular weight excluding hydrogens is 531 g/mol. The highest BCUT2D eigenvalue weighted by Gasteiger charge is 2.35. The van der Waals surface area contributed by atoms with E-state index >= 15 is 0 Å². The molecule has 1 aliphatic carbocycles. The van der Waals surface area contributed by atoms with E-state index in [2.05, 4.69) is 5.32 Å². The smallest absolute Gasteiger partial charge is 0.304 e. The number of rotatable bonds is 11. The minimum atomic E-state index is -4.24. The number of hydrogen-bond acceptors (Lipinski definition) is 4. The molecule has 1 atom stereocenters. The van der Waals surface area contributed by atoms with Gasteiger partial charge in [0.15, 0.2) is 0 Å². The number of hydrogen-bond donors (Lipinski definition) is 1. The van der Waals surface area contributed by atoms with Gasteiger partial charge in [0.05, 0.1) is 5.69 Å². The fourth-order valence-electron chi connectivity index (χ4n) is 4.61. The molecule has 0 bridgehead atoms. The number of anilines is 1. The monoisotopic (exact) mass is 566 g/mol. The number of carbonyl (C=O) groups excluding carboxylic acids is 2. The van der Waals surface area contributed by atoms with Crippen LogP contribution < -0.4 is 9.62 Å². The van der Waals surface area contributed by atoms with Gasteiger partial charge in [-0.15, -0.1) is 0 Å². The van der Waals surface area contributed by atoms with Crippen molar-refractivity contribution in [1.82, 2.24) is 14.5 Å². The number of para-hydroxylation sites is 1. The molecule has 3 rings (SSSR count). The lowest BCUT2D eigenvalue weighted by Crippen LogP contribution is -2.54. The van der Waals surface area contributed by atoms with Gasteiger partial charge in [-0.2, -0.15) is 12.7 Å². The SMILES string of the molecule is CC[C@@H](C(=O)NC1CCCCC1)N(Cc1ccc(Cl)cc1)C(=O)CN(c1ccccc1F)S(=O)(=O)N(C)C. The van der Waals surface area contributed by atoms with E-state index in [0.29, 0.717) is 11.4 Å². The van der Waals surface area contributed by atoms with Gasteiger partial charge in [-0.1, -0.05) is 62.1 Å². The summed E-state index contributed by atoms with van der Waals surface area (Å²) in [6, 6.07) is 11.5. The molecule has 2 aromatic carbocycles. The topological polar surface area (TPSA) is 90.0 Å². The molecule has 0 saturated heterocycles. The first-order chi connectivity index (χ1) is 18.0. The average molecular weight is 567 g/mol. The number of nitrogens with one attached hydrogen (secondary N) is 1. The molecule has 2 amide bonds. The fraction of sp³-hybridized carbons (Fsp3) is 0.481. The number of benzene rings is 2. The van der Waals surface area contributed by atoms with Crippen molar-refractivity contribution in [2.24, 2.45) is 0 Å². The summed E-state index contributed by atoms with van der Waals surface area (Å²) in [6.07, 6.45) is 5.30. The summed E-state index contributed by atoms with van der Waals surface area (Å²) in [5.41, 5.74) is 0.472. The van der Waals surface area contributed by atoms with Gasteiger partial charge in [0, 0.05) is 31.7 Å². The molecule has 208 valence electrons. The highest BCUT2D eigenvalue weighted by molar-refractivity contribution is 7.90. The number of carbonyl (C=O) groups is 2. The number of amides is 2. The quantitative estimate of drug-likeness (QED) is 0.438. The van der Waals surface area contributed by atoms with Crippen LogP contribution in [-0.4, -0.2) is 62.2 Å². The molecule has 0 heterocycles. The third-order valence-electron chi connectivity index (χ3n) is 6.74. The van der Waals surface area contributed by atoms with Crippen LogP contribution in [0, 0.1) is 5.82 Å². The minimum absolute atomic E-state index is 0.0433. The first-order valence-electron chi connectivity index (χ1n) is 12.8. The van der Waals surface area contributed by atoms with Crippen LogP contribution in [0.15, 0.2) is 48.5 Å². The molecule has 0 aromatic heterocycles. The molecule has 1 N–H and O–H groups in total. The molecule has 8 nitrogen and oxygen atoms in total. The molecule has 0 radical (unpaired) electrons. The van der Waals surface area contributed by atoms with E-state index in [1.54, 1.807) is 31.2 Å². The van der Waals surface area contributed by atoms with Crippen molar-refractivity contribution in [3.8, 4) is 0 Å². The van der Waals surface area contributed by atoms with Crippen LogP contribution in [0.5, 0.6) is 0 Å². The van der Waals surface area contributed by atoms with Crippen molar-refractivity contribution in [2.45, 2.75) is 64.1 Å². The second-order valence-corrected chi connectivity index (χ2v) is 12.2. The highest BCUT2D eigenvalue weighted by atomic mass is 35.5. The third kappa shape index (κ3) is 7.45. The summed E-state index contributed by atoms with van der Waals surface area (Å²) in [5.74, 6) is -1.69. The zero-order valence-electron chi connectivity index (χ0n) is 22.1. The molecule has 1 fully saturated rings. The third-order valence-corrected chi connectivity index (χ3v) is 8.80. The Hall–Kier alpha value is -2.69. The second kappa shape index (κ2) is 13.4. The van der Waals surface area contributed by atoms with E-state index in [0.717, 1.165) is 52.3 Å². The maximum atomic E-state index is 14.8. The Balaban J connectivity index is 1.96. The van der Waals surface area contributed by atoms with Crippen molar-refractivity contribution < 1.29 is 22.4 Å². The van der Waals surface area contributed by atoms with Crippen LogP contribution >= 0.6 is 11.6 Å². The van der Waals surface area contributed by atoms with E-state index in [-0.39, 0.29) is 24.2 Å². The van der Waals surface area contributed by atoms with Gasteiger partial charge in [-0.25, -0.2) is 8.70 Å². The minimum Gasteiger partial charge on any atom is -0.352 e. The van der Waals surface area contributed by atoms with Crippen molar-refractivity contribution in [1.29, 1.82) is 0 Å². The Bertz CT molecular complexity index is 1200. The Kier molecular flexibility index (Phi) is 10.5. The average Bonchev–Trinajstić information content (AvgIpc) is 2.89. The molecule has 1 aliphatic rings. The van der Waals surface area contributed by atoms with E-state index in [9.17, 15) is 22.4 Å². The molecule has 0 spiro atoms. The number of nitrogens with zero attached hydrogens (tertiary/aromatic N) is 3. The Morgan fingerprint density at radius 1 is 1.05 bits per heavy atom. The lowest BCUT2D eigenvalue weighted by Gasteiger charge is -2.35. The molecule has 38 heavy (non-hydrogen) atoms. The van der Waals surface area contributed by atoms with Gasteiger partial charge >= 0.3 is 10.2 Å². The van der Waals surface area contributed by atoms with Crippen molar-refractivity contribution in [3.05, 3.63) is 64.9 Å². The van der Waals surface area contributed by atoms with E-state index in [4.69, 9.17) is 11.6 Å². The van der Waals surface area contributed by atoms with Crippen LogP contribution in [0.1, 0.15) is 51.0 Å². The maximum absolute atomic E-state index is 14.8. The zero-order chi connectivity index (χ0) is 27.9. The summed E-state index contributed by atoms with van der Waals surface area (Å²) in [5, 5.41) is 3.61. The summed E-state index contributed by atoms with van der Waals surface area (Å²) in [7, 11) is -1.61. The molecule has 0 unspecified atom stereocenters. The van der Waals surface area contributed by atoms with Crippen molar-refractivity contribution in [3.63, 3.8) is 0 Å². The first kappa shape index (κ1) is 29.9. The lowest BCUT2D eigenvalue weighted by molar-refractivity contribution is -0.140. The van der Waals surface area contributed by atoms with Gasteiger partial charge < -0.3 is 10.2 Å². The van der Waals surface area contributed by atoms with Gasteiger partial charge in [-0.05, 0) is 49.1 Å². The highest BCUT2D eigenvalue weighted by Crippen LogP contribution is 2.25. The predicted octanol–water partition coefficient (Wildman–Crippen LogP) is 4.35. The van der Waals surface area contributed by atoms with E-state index in [1.807, 2.05) is 0 Å². The van der Waals surface area contributed by atoms with Crippen molar-refractivity contribution in [2.75, 3.05) is 24.9 Å². The molecule has 1 saturated carbocycles. The molecule has 0 aliphatic heterocycles. The largest absolute Gasteiger partial charge is 0.352 e. The second-order valence-electron chi connectivity index (χ2n) is 9.66. The van der Waals surface area contributed by atoms with Crippen LogP contribution in [-0.2, 0) is 26.3 Å². The van der Waals surface area contributed by atoms with Gasteiger partial charge in [-0.3, -0.25) is 9.59 Å². The summed E-state index contributed by atoms with van der Waals surface area (Å²) in [6.45, 7) is 1.18. The summed E-state index contributed by atoms with van der Waals surface area (Å²) < 4.78 is 42.8. The van der Waals surface area contributed by atoms with Crippen molar-refractivity contribution >= 4 is 39.3 Å². The van der Waals surface area contributed by atoms with Gasteiger partial charge in [0.2, 0.25) is 11.8 Å². The summed E-state index contributed by atoms with van der Waals surface area (Å²) >= 11 is 6.03. The summed E-state index contributed by atoms with van der Waals surface area (Å²) in [4.78, 5) is 28.6. The van der Waals surface area contributed by atoms with E-state index in [1.165, 1.54) is 37.2 Å². The molecule has 2 aromatic rings. The van der Waals surface area contributed by atoms with Crippen LogP contribution in [0.25, 0.3) is 0 Å². The van der Waals surface area contributed by atoms with Crippen LogP contribution in [0.4, 0.5) is 10.1 Å². The Morgan fingerprint density at radius 3 is 2.26 bits per heavy atom. The molecular formula is C27H36ClFN4O4S.